The molecule has 2 fully saturated rings. The van der Waals surface area contributed by atoms with E-state index in [9.17, 15) is 35.1 Å². The fourth-order valence-electron chi connectivity index (χ4n) is 9.35. The van der Waals surface area contributed by atoms with Crippen LogP contribution in [0.15, 0.2) is 97.1 Å². The van der Waals surface area contributed by atoms with Crippen LogP contribution in [0.3, 0.4) is 0 Å². The molecule has 0 radical (unpaired) electrons. The highest BCUT2D eigenvalue weighted by atomic mass is 19.4. The van der Waals surface area contributed by atoms with Crippen molar-refractivity contribution in [3.05, 3.63) is 130 Å². The number of hydrogen-bond acceptors (Lipinski definition) is 6. The van der Waals surface area contributed by atoms with E-state index in [1.165, 1.54) is 0 Å². The topological polar surface area (TPSA) is 31.4 Å². The molecule has 0 N–H and O–H groups in total. The fraction of sp³-hybridized carbons (Fsp3) is 0.500. The average Bonchev–Trinajstić information content (AvgIpc) is 3.20. The van der Waals surface area contributed by atoms with Crippen LogP contribution in [-0.4, -0.2) is 123 Å². The molecule has 4 aliphatic heterocycles. The Labute approximate surface area is 359 Å². The molecular weight excluding hydrogens is 817 g/mol. The van der Waals surface area contributed by atoms with Crippen molar-refractivity contribution < 1.29 is 44.6 Å². The molecule has 0 saturated carbocycles. The highest BCUT2D eigenvalue weighted by molar-refractivity contribution is 5.43. The summed E-state index contributed by atoms with van der Waals surface area (Å²) < 4.78 is 117. The van der Waals surface area contributed by atoms with Gasteiger partial charge in [0, 0.05) is 63.2 Å². The minimum absolute atomic E-state index is 0.152. The van der Waals surface area contributed by atoms with Gasteiger partial charge >= 0.3 is 12.4 Å². The van der Waals surface area contributed by atoms with Gasteiger partial charge in [-0.1, -0.05) is 72.8 Å². The van der Waals surface area contributed by atoms with Crippen molar-refractivity contribution in [2.45, 2.75) is 63.2 Å². The molecule has 6 nitrogen and oxygen atoms in total. The van der Waals surface area contributed by atoms with Crippen molar-refractivity contribution >= 4 is 0 Å². The van der Waals surface area contributed by atoms with Crippen LogP contribution in [-0.2, 0) is 12.8 Å². The van der Waals surface area contributed by atoms with Gasteiger partial charge in [-0.3, -0.25) is 28.4 Å². The van der Waals surface area contributed by atoms with E-state index in [0.717, 1.165) is 72.6 Å². The maximum Gasteiger partial charge on any atom is 0.401 e. The summed E-state index contributed by atoms with van der Waals surface area (Å²) in [4.78, 5) is 7.38. The number of fused-ring (bicyclic) bond motifs is 2. The summed E-state index contributed by atoms with van der Waals surface area (Å²) in [7, 11) is 0. The third-order valence-corrected chi connectivity index (χ3v) is 12.5. The van der Waals surface area contributed by atoms with E-state index < -0.39 is 37.5 Å². The van der Waals surface area contributed by atoms with Crippen molar-refractivity contribution in [1.82, 2.24) is 19.6 Å². The van der Waals surface area contributed by atoms with Crippen molar-refractivity contribution in [2.24, 2.45) is 11.8 Å². The van der Waals surface area contributed by atoms with E-state index in [4.69, 9.17) is 9.47 Å². The molecule has 336 valence electrons. The molecule has 0 unspecified atom stereocenters. The van der Waals surface area contributed by atoms with Crippen LogP contribution in [0.5, 0.6) is 11.5 Å². The first-order chi connectivity index (χ1) is 29.7. The number of likely N-dealkylation sites (tertiary alicyclic amines) is 2. The van der Waals surface area contributed by atoms with Crippen molar-refractivity contribution in [3.8, 4) is 11.5 Å². The summed E-state index contributed by atoms with van der Waals surface area (Å²) in [6.45, 7) is 6.85. The van der Waals surface area contributed by atoms with Gasteiger partial charge in [0.1, 0.15) is 24.7 Å². The number of benzene rings is 4. The molecular formula is C48H56F8N4O2. The predicted octanol–water partition coefficient (Wildman–Crippen LogP) is 9.73. The third-order valence-electron chi connectivity index (χ3n) is 12.5. The van der Waals surface area contributed by atoms with Crippen LogP contribution in [0.2, 0.25) is 0 Å². The summed E-state index contributed by atoms with van der Waals surface area (Å²) in [5, 5.41) is 0. The van der Waals surface area contributed by atoms with E-state index in [-0.39, 0.29) is 37.3 Å². The van der Waals surface area contributed by atoms with Crippen LogP contribution >= 0.6 is 0 Å². The number of hydrogen-bond donors (Lipinski definition) is 0. The maximum absolute atomic E-state index is 13.3. The minimum atomic E-state index is -4.26. The second-order valence-corrected chi connectivity index (χ2v) is 17.3. The molecule has 4 heterocycles. The van der Waals surface area contributed by atoms with Crippen molar-refractivity contribution in [1.29, 1.82) is 0 Å². The van der Waals surface area contributed by atoms with Gasteiger partial charge in [-0.25, -0.2) is 0 Å². The Morgan fingerprint density at radius 3 is 1.21 bits per heavy atom. The Hall–Kier alpha value is -4.24. The Morgan fingerprint density at radius 2 is 0.871 bits per heavy atom. The van der Waals surface area contributed by atoms with Gasteiger partial charge in [0.2, 0.25) is 0 Å². The summed E-state index contributed by atoms with van der Waals surface area (Å²) in [6.07, 6.45) is -7.33. The molecule has 0 aromatic heterocycles. The summed E-state index contributed by atoms with van der Waals surface area (Å²) in [6, 6.07) is 28.9. The first kappa shape index (κ1) is 45.8. The standard InChI is InChI=1S/2C24H28F4N2O/c2*1-17-12-20-4-2-3-5-22(20)23(30(17)16-24(26,27)28)19-6-8-21(9-7-19)31-11-10-29-14-18(13-25)15-29/h2*2-9,17-18,23H,10-16H2,1H3/t2*17-,23-/m10/s1. The van der Waals surface area contributed by atoms with Crippen molar-refractivity contribution in [2.75, 3.05) is 78.9 Å². The van der Waals surface area contributed by atoms with Gasteiger partial charge in [-0.2, -0.15) is 26.3 Å². The molecule has 0 aliphatic carbocycles. The maximum atomic E-state index is 13.3. The third kappa shape index (κ3) is 11.7. The average molecular weight is 873 g/mol. The quantitative estimate of drug-likeness (QED) is 0.118. The summed E-state index contributed by atoms with van der Waals surface area (Å²) in [5.74, 6) is 1.68. The lowest BCUT2D eigenvalue weighted by Gasteiger charge is -2.42. The highest BCUT2D eigenvalue weighted by Gasteiger charge is 2.42. The number of ether oxygens (including phenoxy) is 2. The van der Waals surface area contributed by atoms with Crippen LogP contribution in [0.1, 0.15) is 59.3 Å². The van der Waals surface area contributed by atoms with Crippen LogP contribution in [0.25, 0.3) is 0 Å². The number of nitrogens with zero attached hydrogens (tertiary/aromatic N) is 4. The van der Waals surface area contributed by atoms with E-state index in [1.807, 2.05) is 111 Å². The minimum Gasteiger partial charge on any atom is -0.492 e. The van der Waals surface area contributed by atoms with Crippen LogP contribution in [0.4, 0.5) is 35.1 Å². The van der Waals surface area contributed by atoms with Gasteiger partial charge in [0.15, 0.2) is 0 Å². The fourth-order valence-corrected chi connectivity index (χ4v) is 9.35. The normalized spacial score (nSPS) is 22.7. The first-order valence-electron chi connectivity index (χ1n) is 21.5. The van der Waals surface area contributed by atoms with Gasteiger partial charge in [0.05, 0.1) is 38.5 Å². The highest BCUT2D eigenvalue weighted by Crippen LogP contribution is 2.41. The zero-order valence-electron chi connectivity index (χ0n) is 35.2. The molecule has 14 heteroatoms. The molecule has 0 bridgehead atoms. The molecule has 2 saturated heterocycles. The molecule has 4 aliphatic rings. The second kappa shape index (κ2) is 20.1. The van der Waals surface area contributed by atoms with E-state index in [0.29, 0.717) is 37.6 Å². The van der Waals surface area contributed by atoms with Gasteiger partial charge < -0.3 is 9.47 Å². The Bertz CT molecular complexity index is 1870. The van der Waals surface area contributed by atoms with E-state index in [2.05, 4.69) is 9.80 Å². The monoisotopic (exact) mass is 872 g/mol. The van der Waals surface area contributed by atoms with Gasteiger partial charge in [-0.15, -0.1) is 0 Å². The molecule has 4 aromatic rings. The number of halogens is 8. The smallest absolute Gasteiger partial charge is 0.401 e. The molecule has 4 aromatic carbocycles. The summed E-state index contributed by atoms with van der Waals surface area (Å²) >= 11 is 0. The second-order valence-electron chi connectivity index (χ2n) is 17.3. The molecule has 62 heavy (non-hydrogen) atoms. The van der Waals surface area contributed by atoms with E-state index >= 15 is 0 Å². The first-order valence-corrected chi connectivity index (χ1v) is 21.5. The van der Waals surface area contributed by atoms with Gasteiger partial charge in [0.25, 0.3) is 0 Å². The van der Waals surface area contributed by atoms with Gasteiger partial charge in [-0.05, 0) is 84.3 Å². The Balaban J connectivity index is 0.000000186. The largest absolute Gasteiger partial charge is 0.492 e. The molecule has 0 amide bonds. The lowest BCUT2D eigenvalue weighted by atomic mass is 9.85. The number of rotatable bonds is 14. The Kier molecular flexibility index (Phi) is 14.8. The zero-order valence-corrected chi connectivity index (χ0v) is 35.2. The lowest BCUT2D eigenvalue weighted by Crippen LogP contribution is -2.49. The molecule has 4 atom stereocenters. The predicted molar refractivity (Wildman–Crippen MR) is 224 cm³/mol. The lowest BCUT2D eigenvalue weighted by molar-refractivity contribution is -0.156. The van der Waals surface area contributed by atoms with Crippen LogP contribution < -0.4 is 9.47 Å². The summed E-state index contributed by atoms with van der Waals surface area (Å²) in [5.41, 5.74) is 5.70. The Morgan fingerprint density at radius 1 is 0.516 bits per heavy atom. The molecule has 8 rings (SSSR count). The number of alkyl halides is 8. The SMILES string of the molecule is C[C@@H]1Cc2ccccc2[C@@H](c2ccc(OCCN3CC(CF)C3)cc2)N1CC(F)(F)F.C[C@H]1Cc2ccccc2[C@H](c2ccc(OCCN3CC(CF)C3)cc2)N1CC(F)(F)F. The molecule has 0 spiro atoms. The zero-order chi connectivity index (χ0) is 44.0. The van der Waals surface area contributed by atoms with Crippen LogP contribution in [0, 0.1) is 11.8 Å². The van der Waals surface area contributed by atoms with Crippen molar-refractivity contribution in [3.63, 3.8) is 0 Å². The van der Waals surface area contributed by atoms with E-state index in [1.54, 1.807) is 9.80 Å².